The average molecular weight is 344 g/mol. The number of hydrogen-bond donors (Lipinski definition) is 0. The van der Waals surface area contributed by atoms with Gasteiger partial charge in [0.25, 0.3) is 5.89 Å². The molecular formula is C17H14ClN3O3. The number of nitrogens with zero attached hydrogens (tertiary/aromatic N) is 3. The molecule has 0 unspecified atom stereocenters. The van der Waals surface area contributed by atoms with Gasteiger partial charge in [-0.3, -0.25) is 0 Å². The van der Waals surface area contributed by atoms with Gasteiger partial charge in [0.2, 0.25) is 6.39 Å². The summed E-state index contributed by atoms with van der Waals surface area (Å²) in [5.41, 5.74) is 2.14. The van der Waals surface area contributed by atoms with Crippen molar-refractivity contribution >= 4 is 17.3 Å². The molecule has 1 aromatic heterocycles. The first-order chi connectivity index (χ1) is 11.8. The highest BCUT2D eigenvalue weighted by Crippen LogP contribution is 2.20. The van der Waals surface area contributed by atoms with E-state index < -0.39 is 0 Å². The van der Waals surface area contributed by atoms with Gasteiger partial charge in [-0.05, 0) is 29.8 Å². The van der Waals surface area contributed by atoms with E-state index in [2.05, 4.69) is 15.4 Å². The third-order valence-corrected chi connectivity index (χ3v) is 3.48. The highest BCUT2D eigenvalue weighted by Gasteiger charge is 2.17. The van der Waals surface area contributed by atoms with Crippen molar-refractivity contribution in [3.05, 3.63) is 77.0 Å². The maximum atomic E-state index is 5.88. The molecule has 0 aliphatic carbocycles. The van der Waals surface area contributed by atoms with Gasteiger partial charge in [0.05, 0.1) is 0 Å². The van der Waals surface area contributed by atoms with E-state index in [0.29, 0.717) is 17.3 Å². The third-order valence-electron chi connectivity index (χ3n) is 3.23. The zero-order valence-electron chi connectivity index (χ0n) is 12.8. The second kappa shape index (κ2) is 7.61. The number of ether oxygens (including phenoxy) is 1. The minimum atomic E-state index is 0.274. The fraction of sp³-hybridized carbons (Fsp3) is 0.118. The second-order valence-corrected chi connectivity index (χ2v) is 5.20. The molecular weight excluding hydrogens is 330 g/mol. The van der Waals surface area contributed by atoms with Crippen molar-refractivity contribution in [1.82, 2.24) is 10.2 Å². The lowest BCUT2D eigenvalue weighted by molar-refractivity contribution is 0.213. The molecule has 0 bridgehead atoms. The van der Waals surface area contributed by atoms with Crippen LogP contribution in [0.5, 0.6) is 5.75 Å². The van der Waals surface area contributed by atoms with Crippen molar-refractivity contribution in [2.24, 2.45) is 5.16 Å². The highest BCUT2D eigenvalue weighted by atomic mass is 35.5. The van der Waals surface area contributed by atoms with E-state index in [-0.39, 0.29) is 5.89 Å². The molecule has 7 heteroatoms. The SMILES string of the molecule is CO/N=C(/c1nnco1)c1ccccc1COc1ccc(Cl)cc1. The van der Waals surface area contributed by atoms with Crippen LogP contribution >= 0.6 is 11.6 Å². The monoisotopic (exact) mass is 343 g/mol. The molecule has 1 heterocycles. The summed E-state index contributed by atoms with van der Waals surface area (Å²) in [6, 6.07) is 14.8. The molecule has 0 N–H and O–H groups in total. The van der Waals surface area contributed by atoms with Crippen LogP contribution in [0.4, 0.5) is 0 Å². The van der Waals surface area contributed by atoms with Crippen molar-refractivity contribution in [1.29, 1.82) is 0 Å². The Morgan fingerprint density at radius 3 is 2.67 bits per heavy atom. The number of rotatable bonds is 6. The Hall–Kier alpha value is -2.86. The van der Waals surface area contributed by atoms with E-state index in [4.69, 9.17) is 25.6 Å². The predicted octanol–water partition coefficient (Wildman–Crippen LogP) is 3.70. The molecule has 0 atom stereocenters. The first-order valence-corrected chi connectivity index (χ1v) is 7.50. The lowest BCUT2D eigenvalue weighted by Gasteiger charge is -2.11. The minimum absolute atomic E-state index is 0.274. The Morgan fingerprint density at radius 1 is 1.17 bits per heavy atom. The van der Waals surface area contributed by atoms with Crippen LogP contribution in [0.15, 0.2) is 64.5 Å². The minimum Gasteiger partial charge on any atom is -0.489 e. The zero-order chi connectivity index (χ0) is 16.8. The Labute approximate surface area is 143 Å². The number of hydrogen-bond acceptors (Lipinski definition) is 6. The Balaban J connectivity index is 1.87. The molecule has 24 heavy (non-hydrogen) atoms. The van der Waals surface area contributed by atoms with Crippen LogP contribution < -0.4 is 4.74 Å². The first kappa shape index (κ1) is 16.0. The van der Waals surface area contributed by atoms with Crippen molar-refractivity contribution in [2.45, 2.75) is 6.61 Å². The van der Waals surface area contributed by atoms with Crippen LogP contribution in [0.3, 0.4) is 0 Å². The number of halogens is 1. The lowest BCUT2D eigenvalue weighted by Crippen LogP contribution is -2.10. The number of oxime groups is 1. The van der Waals surface area contributed by atoms with Gasteiger partial charge in [0.15, 0.2) is 5.71 Å². The zero-order valence-corrected chi connectivity index (χ0v) is 13.6. The highest BCUT2D eigenvalue weighted by molar-refractivity contribution is 6.30. The van der Waals surface area contributed by atoms with Crippen LogP contribution in [0, 0.1) is 0 Å². The van der Waals surface area contributed by atoms with Gasteiger partial charge in [-0.15, -0.1) is 10.2 Å². The Bertz CT molecular complexity index is 817. The third kappa shape index (κ3) is 3.72. The Morgan fingerprint density at radius 2 is 1.96 bits per heavy atom. The first-order valence-electron chi connectivity index (χ1n) is 7.12. The van der Waals surface area contributed by atoms with Gasteiger partial charge < -0.3 is 14.0 Å². The van der Waals surface area contributed by atoms with Crippen LogP contribution in [-0.2, 0) is 11.4 Å². The standard InChI is InChI=1S/C17H14ClN3O3/c1-22-21-16(17-20-19-11-24-17)15-5-3-2-4-12(15)10-23-14-8-6-13(18)7-9-14/h2-9,11H,10H2,1H3/b21-16+. The smallest absolute Gasteiger partial charge is 0.270 e. The molecule has 122 valence electrons. The van der Waals surface area contributed by atoms with Crippen LogP contribution in [-0.4, -0.2) is 23.0 Å². The summed E-state index contributed by atoms with van der Waals surface area (Å²) in [5, 5.41) is 12.3. The summed E-state index contributed by atoms with van der Waals surface area (Å²) in [4.78, 5) is 4.92. The molecule has 0 spiro atoms. The van der Waals surface area contributed by atoms with Crippen LogP contribution in [0.1, 0.15) is 17.0 Å². The van der Waals surface area contributed by atoms with E-state index in [9.17, 15) is 0 Å². The summed E-state index contributed by atoms with van der Waals surface area (Å²) < 4.78 is 11.1. The average Bonchev–Trinajstić information content (AvgIpc) is 3.14. The maximum absolute atomic E-state index is 5.88. The molecule has 6 nitrogen and oxygen atoms in total. The predicted molar refractivity (Wildman–Crippen MR) is 89.2 cm³/mol. The van der Waals surface area contributed by atoms with Gasteiger partial charge in [-0.1, -0.05) is 41.0 Å². The van der Waals surface area contributed by atoms with Crippen molar-refractivity contribution in [3.8, 4) is 5.75 Å². The molecule has 0 radical (unpaired) electrons. The summed E-state index contributed by atoms with van der Waals surface area (Å²) in [6.45, 7) is 0.342. The van der Waals surface area contributed by atoms with Gasteiger partial charge >= 0.3 is 0 Å². The van der Waals surface area contributed by atoms with Crippen molar-refractivity contribution < 1.29 is 14.0 Å². The van der Waals surface area contributed by atoms with Crippen molar-refractivity contribution in [3.63, 3.8) is 0 Å². The normalized spacial score (nSPS) is 11.3. The maximum Gasteiger partial charge on any atom is 0.270 e. The van der Waals surface area contributed by atoms with Crippen LogP contribution in [0.25, 0.3) is 0 Å². The molecule has 0 saturated heterocycles. The summed E-state index contributed by atoms with van der Waals surface area (Å²) in [5.74, 6) is 0.994. The molecule has 0 saturated carbocycles. The van der Waals surface area contributed by atoms with E-state index in [1.165, 1.54) is 13.5 Å². The van der Waals surface area contributed by atoms with E-state index >= 15 is 0 Å². The quantitative estimate of drug-likeness (QED) is 0.504. The molecule has 0 aliphatic heterocycles. The second-order valence-electron chi connectivity index (χ2n) is 4.77. The number of benzene rings is 2. The Kier molecular flexibility index (Phi) is 5.08. The van der Waals surface area contributed by atoms with Crippen molar-refractivity contribution in [2.75, 3.05) is 7.11 Å². The largest absolute Gasteiger partial charge is 0.489 e. The van der Waals surface area contributed by atoms with Gasteiger partial charge in [0.1, 0.15) is 19.5 Å². The van der Waals surface area contributed by atoms with E-state index in [1.54, 1.807) is 12.1 Å². The molecule has 0 aliphatic rings. The molecule has 0 amide bonds. The van der Waals surface area contributed by atoms with Gasteiger partial charge in [-0.2, -0.15) is 0 Å². The van der Waals surface area contributed by atoms with Crippen LogP contribution in [0.2, 0.25) is 5.02 Å². The summed E-state index contributed by atoms with van der Waals surface area (Å²) >= 11 is 5.88. The topological polar surface area (TPSA) is 69.7 Å². The molecule has 0 fully saturated rings. The summed E-state index contributed by atoms with van der Waals surface area (Å²) in [6.07, 6.45) is 1.24. The fourth-order valence-corrected chi connectivity index (χ4v) is 2.27. The molecule has 2 aromatic carbocycles. The van der Waals surface area contributed by atoms with Gasteiger partial charge in [-0.25, -0.2) is 0 Å². The summed E-state index contributed by atoms with van der Waals surface area (Å²) in [7, 11) is 1.46. The van der Waals surface area contributed by atoms with E-state index in [1.807, 2.05) is 36.4 Å². The molecule has 3 rings (SSSR count). The molecule has 3 aromatic rings. The number of aromatic nitrogens is 2. The fourth-order valence-electron chi connectivity index (χ4n) is 2.14. The van der Waals surface area contributed by atoms with E-state index in [0.717, 1.165) is 16.9 Å². The lowest BCUT2D eigenvalue weighted by atomic mass is 10.0. The van der Waals surface area contributed by atoms with Gasteiger partial charge in [0, 0.05) is 10.6 Å².